The lowest BCUT2D eigenvalue weighted by atomic mass is 10.2. The number of rotatable bonds is 6. The van der Waals surface area contributed by atoms with Gasteiger partial charge in [0.2, 0.25) is 0 Å². The van der Waals surface area contributed by atoms with Crippen molar-refractivity contribution in [3.8, 4) is 0 Å². The van der Waals surface area contributed by atoms with E-state index in [1.54, 1.807) is 24.3 Å². The Hall–Kier alpha value is -2.54. The molecule has 0 fully saturated rings. The van der Waals surface area contributed by atoms with Gasteiger partial charge in [0.1, 0.15) is 0 Å². The van der Waals surface area contributed by atoms with Crippen molar-refractivity contribution >= 4 is 44.8 Å². The van der Waals surface area contributed by atoms with Crippen LogP contribution in [0.15, 0.2) is 71.6 Å². The molecule has 0 aliphatic carbocycles. The first-order valence-corrected chi connectivity index (χ1v) is 10.9. The predicted octanol–water partition coefficient (Wildman–Crippen LogP) is 5.03. The van der Waals surface area contributed by atoms with Crippen molar-refractivity contribution < 1.29 is 13.2 Å². The highest BCUT2D eigenvalue weighted by Crippen LogP contribution is 2.26. The van der Waals surface area contributed by atoms with E-state index in [1.807, 2.05) is 19.1 Å². The van der Waals surface area contributed by atoms with E-state index in [0.29, 0.717) is 17.1 Å². The number of hydrogen-bond acceptors (Lipinski definition) is 3. The molecule has 29 heavy (non-hydrogen) atoms. The molecule has 0 aliphatic rings. The van der Waals surface area contributed by atoms with Crippen LogP contribution in [0.5, 0.6) is 0 Å². The maximum atomic E-state index is 12.5. The molecular formula is C21H18Cl2N2O3S. The fraction of sp³-hybridized carbons (Fsp3) is 0.0952. The van der Waals surface area contributed by atoms with Gasteiger partial charge in [0.25, 0.3) is 15.9 Å². The lowest BCUT2D eigenvalue weighted by molar-refractivity contribution is 0.0951. The van der Waals surface area contributed by atoms with Crippen molar-refractivity contribution in [2.24, 2.45) is 0 Å². The standard InChI is InChI=1S/C21H18Cl2N2O3S/c1-14-2-9-18(10-3-14)29(27,28)25-20-11-6-16(12-19(20)23)21(26)24-13-15-4-7-17(22)8-5-15/h2-12,25H,13H2,1H3,(H,24,26). The Balaban J connectivity index is 1.70. The summed E-state index contributed by atoms with van der Waals surface area (Å²) in [4.78, 5) is 12.5. The van der Waals surface area contributed by atoms with Crippen LogP contribution in [0, 0.1) is 6.92 Å². The van der Waals surface area contributed by atoms with E-state index in [2.05, 4.69) is 10.0 Å². The highest BCUT2D eigenvalue weighted by molar-refractivity contribution is 7.92. The zero-order valence-electron chi connectivity index (χ0n) is 15.4. The minimum absolute atomic E-state index is 0.125. The normalized spacial score (nSPS) is 11.1. The quantitative estimate of drug-likeness (QED) is 0.554. The first-order chi connectivity index (χ1) is 13.7. The molecular weight excluding hydrogens is 431 g/mol. The number of sulfonamides is 1. The van der Waals surface area contributed by atoms with Crippen molar-refractivity contribution in [1.82, 2.24) is 5.32 Å². The van der Waals surface area contributed by atoms with Crippen molar-refractivity contribution in [3.05, 3.63) is 93.5 Å². The van der Waals surface area contributed by atoms with Crippen LogP contribution in [0.25, 0.3) is 0 Å². The molecule has 5 nitrogen and oxygen atoms in total. The summed E-state index contributed by atoms with van der Waals surface area (Å²) in [6.45, 7) is 2.20. The SMILES string of the molecule is Cc1ccc(S(=O)(=O)Nc2ccc(C(=O)NCc3ccc(Cl)cc3)cc2Cl)cc1. The van der Waals surface area contributed by atoms with E-state index < -0.39 is 10.0 Å². The molecule has 0 radical (unpaired) electrons. The average Bonchev–Trinajstić information content (AvgIpc) is 2.69. The van der Waals surface area contributed by atoms with Crippen LogP contribution in [0.3, 0.4) is 0 Å². The number of hydrogen-bond donors (Lipinski definition) is 2. The zero-order valence-corrected chi connectivity index (χ0v) is 17.8. The maximum Gasteiger partial charge on any atom is 0.261 e. The summed E-state index contributed by atoms with van der Waals surface area (Å²) in [5.74, 6) is -0.324. The second kappa shape index (κ2) is 8.86. The molecule has 0 aromatic heterocycles. The van der Waals surface area contributed by atoms with Gasteiger partial charge >= 0.3 is 0 Å². The number of carbonyl (C=O) groups is 1. The number of aryl methyl sites for hydroxylation is 1. The molecule has 2 N–H and O–H groups in total. The molecule has 0 atom stereocenters. The van der Waals surface area contributed by atoms with E-state index in [-0.39, 0.29) is 21.5 Å². The van der Waals surface area contributed by atoms with Crippen LogP contribution < -0.4 is 10.0 Å². The number of carbonyl (C=O) groups excluding carboxylic acids is 1. The molecule has 0 heterocycles. The Kier molecular flexibility index (Phi) is 6.47. The molecule has 0 unspecified atom stereocenters. The number of nitrogens with one attached hydrogen (secondary N) is 2. The van der Waals surface area contributed by atoms with Gasteiger partial charge in [0, 0.05) is 17.1 Å². The molecule has 0 bridgehead atoms. The highest BCUT2D eigenvalue weighted by atomic mass is 35.5. The third-order valence-corrected chi connectivity index (χ3v) is 6.12. The van der Waals surface area contributed by atoms with Crippen LogP contribution in [-0.2, 0) is 16.6 Å². The molecule has 150 valence electrons. The van der Waals surface area contributed by atoms with Crippen LogP contribution in [0.4, 0.5) is 5.69 Å². The molecule has 8 heteroatoms. The molecule has 0 spiro atoms. The minimum atomic E-state index is -3.78. The van der Waals surface area contributed by atoms with Crippen molar-refractivity contribution in [3.63, 3.8) is 0 Å². The first-order valence-electron chi connectivity index (χ1n) is 8.66. The third kappa shape index (κ3) is 5.50. The van der Waals surface area contributed by atoms with E-state index in [9.17, 15) is 13.2 Å². The second-order valence-corrected chi connectivity index (χ2v) is 8.95. The smallest absolute Gasteiger partial charge is 0.261 e. The molecule has 3 aromatic rings. The Labute approximate surface area is 179 Å². The monoisotopic (exact) mass is 448 g/mol. The summed E-state index contributed by atoms with van der Waals surface area (Å²) in [7, 11) is -3.78. The van der Waals surface area contributed by atoms with Gasteiger partial charge in [-0.2, -0.15) is 0 Å². The molecule has 3 aromatic carbocycles. The van der Waals surface area contributed by atoms with E-state index >= 15 is 0 Å². The Morgan fingerprint density at radius 3 is 2.21 bits per heavy atom. The highest BCUT2D eigenvalue weighted by Gasteiger charge is 2.16. The summed E-state index contributed by atoms with van der Waals surface area (Å²) >= 11 is 12.0. The summed E-state index contributed by atoms with van der Waals surface area (Å²) in [5.41, 5.74) is 2.37. The lowest BCUT2D eigenvalue weighted by Gasteiger charge is -2.11. The largest absolute Gasteiger partial charge is 0.348 e. The molecule has 0 aliphatic heterocycles. The van der Waals surface area contributed by atoms with Gasteiger partial charge in [0.15, 0.2) is 0 Å². The van der Waals surface area contributed by atoms with Gasteiger partial charge in [-0.1, -0.05) is 53.0 Å². The fourth-order valence-electron chi connectivity index (χ4n) is 2.55. The Morgan fingerprint density at radius 2 is 1.59 bits per heavy atom. The molecule has 0 saturated carbocycles. The maximum absolute atomic E-state index is 12.5. The van der Waals surface area contributed by atoms with Gasteiger partial charge in [-0.15, -0.1) is 0 Å². The van der Waals surface area contributed by atoms with Crippen LogP contribution in [0.2, 0.25) is 10.0 Å². The average molecular weight is 449 g/mol. The summed E-state index contributed by atoms with van der Waals surface area (Å²) in [5, 5.41) is 3.53. The number of amides is 1. The number of halogens is 2. The molecule has 1 amide bonds. The second-order valence-electron chi connectivity index (χ2n) is 6.42. The third-order valence-electron chi connectivity index (χ3n) is 4.17. The summed E-state index contributed by atoms with van der Waals surface area (Å²) < 4.78 is 27.5. The van der Waals surface area contributed by atoms with Gasteiger partial charge in [0.05, 0.1) is 15.6 Å². The van der Waals surface area contributed by atoms with Gasteiger partial charge in [-0.05, 0) is 55.0 Å². The molecule has 3 rings (SSSR count). The van der Waals surface area contributed by atoms with Gasteiger partial charge in [-0.3, -0.25) is 9.52 Å². The predicted molar refractivity (Wildman–Crippen MR) is 116 cm³/mol. The number of benzene rings is 3. The molecule has 0 saturated heterocycles. The van der Waals surface area contributed by atoms with Crippen LogP contribution in [-0.4, -0.2) is 14.3 Å². The van der Waals surface area contributed by atoms with Crippen molar-refractivity contribution in [2.45, 2.75) is 18.4 Å². The van der Waals surface area contributed by atoms with Crippen LogP contribution >= 0.6 is 23.2 Å². The summed E-state index contributed by atoms with van der Waals surface area (Å²) in [6, 6.07) is 18.0. The summed E-state index contributed by atoms with van der Waals surface area (Å²) in [6.07, 6.45) is 0. The van der Waals surface area contributed by atoms with Gasteiger partial charge < -0.3 is 5.32 Å². The minimum Gasteiger partial charge on any atom is -0.348 e. The van der Waals surface area contributed by atoms with Crippen molar-refractivity contribution in [1.29, 1.82) is 0 Å². The topological polar surface area (TPSA) is 75.3 Å². The Bertz CT molecular complexity index is 1130. The number of anilines is 1. The zero-order chi connectivity index (χ0) is 21.0. The first kappa shape index (κ1) is 21.2. The Morgan fingerprint density at radius 1 is 0.931 bits per heavy atom. The fourth-order valence-corrected chi connectivity index (χ4v) is 4.04. The lowest BCUT2D eigenvalue weighted by Crippen LogP contribution is -2.22. The van der Waals surface area contributed by atoms with Gasteiger partial charge in [-0.25, -0.2) is 8.42 Å². The van der Waals surface area contributed by atoms with E-state index in [0.717, 1.165) is 11.1 Å². The van der Waals surface area contributed by atoms with Crippen LogP contribution in [0.1, 0.15) is 21.5 Å². The van der Waals surface area contributed by atoms with Crippen molar-refractivity contribution in [2.75, 3.05) is 4.72 Å². The van der Waals surface area contributed by atoms with E-state index in [1.165, 1.54) is 30.3 Å². The van der Waals surface area contributed by atoms with E-state index in [4.69, 9.17) is 23.2 Å².